The molecule has 31 heavy (non-hydrogen) atoms. The zero-order valence-corrected chi connectivity index (χ0v) is 21.5. The van der Waals surface area contributed by atoms with Crippen LogP contribution in [0.15, 0.2) is 29.3 Å². The maximum absolute atomic E-state index is 12.1. The fourth-order valence-corrected chi connectivity index (χ4v) is 4.53. The molecule has 0 amide bonds. The smallest absolute Gasteiger partial charge is 0.310 e. The van der Waals surface area contributed by atoms with Gasteiger partial charge in [0.05, 0.1) is 32.7 Å². The molecule has 2 saturated heterocycles. The summed E-state index contributed by atoms with van der Waals surface area (Å²) in [6, 6.07) is 8.54. The molecule has 0 spiro atoms. The normalized spacial score (nSPS) is 22.7. The van der Waals surface area contributed by atoms with Crippen LogP contribution in [0.4, 0.5) is 0 Å². The van der Waals surface area contributed by atoms with Gasteiger partial charge in [-0.25, -0.2) is 0 Å². The van der Waals surface area contributed by atoms with Crippen molar-refractivity contribution in [2.24, 2.45) is 16.8 Å². The Morgan fingerprint density at radius 3 is 2.65 bits per heavy atom. The predicted octanol–water partition coefficient (Wildman–Crippen LogP) is 3.16. The standard InChI is InChI=1S/C23H36N4O3.HI/c1-5-24-23(27-15-17(2)20(16-27)22(28)30-4)25-14-21(26-11-6-7-12-26)18-9-8-10-19(13-18)29-3;/h8-10,13,17,20-21H,5-7,11-12,14-16H2,1-4H3,(H,24,25);1H. The average molecular weight is 544 g/mol. The molecule has 0 aliphatic carbocycles. The number of nitrogens with one attached hydrogen (secondary N) is 1. The average Bonchev–Trinajstić information content (AvgIpc) is 3.43. The van der Waals surface area contributed by atoms with E-state index in [1.54, 1.807) is 7.11 Å². The van der Waals surface area contributed by atoms with E-state index in [-0.39, 0.29) is 47.8 Å². The second kappa shape index (κ2) is 12.5. The highest BCUT2D eigenvalue weighted by Gasteiger charge is 2.37. The summed E-state index contributed by atoms with van der Waals surface area (Å²) in [5, 5.41) is 3.42. The molecule has 3 unspecified atom stereocenters. The van der Waals surface area contributed by atoms with E-state index in [1.807, 2.05) is 6.07 Å². The molecule has 2 aliphatic heterocycles. The first kappa shape index (κ1) is 25.7. The molecule has 7 nitrogen and oxygen atoms in total. The van der Waals surface area contributed by atoms with Crippen LogP contribution in [0.3, 0.4) is 0 Å². The van der Waals surface area contributed by atoms with Gasteiger partial charge < -0.3 is 19.7 Å². The molecule has 1 aromatic carbocycles. The van der Waals surface area contributed by atoms with Gasteiger partial charge in [-0.15, -0.1) is 24.0 Å². The Morgan fingerprint density at radius 1 is 1.26 bits per heavy atom. The number of benzene rings is 1. The molecule has 0 bridgehead atoms. The van der Waals surface area contributed by atoms with Gasteiger partial charge in [0.25, 0.3) is 0 Å². The number of carbonyl (C=O) groups excluding carboxylic acids is 1. The van der Waals surface area contributed by atoms with Gasteiger partial charge in [0.2, 0.25) is 0 Å². The fourth-order valence-electron chi connectivity index (χ4n) is 4.53. The summed E-state index contributed by atoms with van der Waals surface area (Å²) in [6.45, 7) is 9.29. The second-order valence-electron chi connectivity index (χ2n) is 8.24. The van der Waals surface area contributed by atoms with E-state index in [0.29, 0.717) is 13.1 Å². The maximum Gasteiger partial charge on any atom is 0.310 e. The number of aliphatic imine (C=N–C) groups is 1. The van der Waals surface area contributed by atoms with Crippen LogP contribution in [0, 0.1) is 11.8 Å². The monoisotopic (exact) mass is 544 g/mol. The third-order valence-electron chi connectivity index (χ3n) is 6.22. The van der Waals surface area contributed by atoms with Crippen LogP contribution in [-0.2, 0) is 9.53 Å². The predicted molar refractivity (Wildman–Crippen MR) is 134 cm³/mol. The molecular weight excluding hydrogens is 507 g/mol. The Balaban J connectivity index is 0.00000341. The number of hydrogen-bond donors (Lipinski definition) is 1. The lowest BCUT2D eigenvalue weighted by Gasteiger charge is -2.28. The van der Waals surface area contributed by atoms with Crippen molar-refractivity contribution in [3.8, 4) is 5.75 Å². The molecular formula is C23H37IN4O3. The van der Waals surface area contributed by atoms with E-state index in [2.05, 4.69) is 47.2 Å². The lowest BCUT2D eigenvalue weighted by atomic mass is 9.99. The molecule has 0 saturated carbocycles. The highest BCUT2D eigenvalue weighted by atomic mass is 127. The lowest BCUT2D eigenvalue weighted by molar-refractivity contribution is -0.145. The van der Waals surface area contributed by atoms with Crippen molar-refractivity contribution in [3.63, 3.8) is 0 Å². The van der Waals surface area contributed by atoms with Gasteiger partial charge in [-0.1, -0.05) is 19.1 Å². The van der Waals surface area contributed by atoms with Crippen LogP contribution >= 0.6 is 24.0 Å². The van der Waals surface area contributed by atoms with Crippen LogP contribution in [0.5, 0.6) is 5.75 Å². The number of nitrogens with zero attached hydrogens (tertiary/aromatic N) is 3. The minimum absolute atomic E-state index is 0. The van der Waals surface area contributed by atoms with Gasteiger partial charge in [0, 0.05) is 19.6 Å². The van der Waals surface area contributed by atoms with E-state index < -0.39 is 0 Å². The van der Waals surface area contributed by atoms with E-state index >= 15 is 0 Å². The number of methoxy groups -OCH3 is 2. The van der Waals surface area contributed by atoms with E-state index in [9.17, 15) is 4.79 Å². The van der Waals surface area contributed by atoms with Gasteiger partial charge >= 0.3 is 5.97 Å². The van der Waals surface area contributed by atoms with E-state index in [1.165, 1.54) is 25.5 Å². The Labute approximate surface area is 203 Å². The summed E-state index contributed by atoms with van der Waals surface area (Å²) in [6.07, 6.45) is 2.46. The van der Waals surface area contributed by atoms with Crippen molar-refractivity contribution < 1.29 is 14.3 Å². The molecule has 3 rings (SSSR count). The van der Waals surface area contributed by atoms with Gasteiger partial charge in [-0.2, -0.15) is 0 Å². The molecule has 0 aromatic heterocycles. The number of halogens is 1. The summed E-state index contributed by atoms with van der Waals surface area (Å²) in [5.74, 6) is 1.76. The fraction of sp³-hybridized carbons (Fsp3) is 0.652. The molecule has 174 valence electrons. The van der Waals surface area contributed by atoms with Crippen molar-refractivity contribution in [1.82, 2.24) is 15.1 Å². The van der Waals surface area contributed by atoms with Crippen LogP contribution < -0.4 is 10.1 Å². The Morgan fingerprint density at radius 2 is 2.00 bits per heavy atom. The minimum atomic E-state index is -0.132. The second-order valence-corrected chi connectivity index (χ2v) is 8.24. The number of ether oxygens (including phenoxy) is 2. The van der Waals surface area contributed by atoms with Crippen molar-refractivity contribution in [2.75, 3.05) is 53.5 Å². The summed E-state index contributed by atoms with van der Waals surface area (Å²) < 4.78 is 10.4. The number of likely N-dealkylation sites (tertiary alicyclic amines) is 2. The number of esters is 1. The quantitative estimate of drug-likeness (QED) is 0.246. The summed E-state index contributed by atoms with van der Waals surface area (Å²) in [4.78, 5) is 21.8. The number of guanidine groups is 1. The van der Waals surface area contributed by atoms with Gasteiger partial charge in [-0.05, 0) is 56.5 Å². The summed E-state index contributed by atoms with van der Waals surface area (Å²) >= 11 is 0. The Kier molecular flexibility index (Phi) is 10.3. The zero-order valence-electron chi connectivity index (χ0n) is 19.2. The minimum Gasteiger partial charge on any atom is -0.497 e. The Bertz CT molecular complexity index is 739. The van der Waals surface area contributed by atoms with Crippen molar-refractivity contribution in [1.29, 1.82) is 0 Å². The summed E-state index contributed by atoms with van der Waals surface area (Å²) in [7, 11) is 3.17. The van der Waals surface area contributed by atoms with Gasteiger partial charge in [0.15, 0.2) is 5.96 Å². The topological polar surface area (TPSA) is 66.4 Å². The zero-order chi connectivity index (χ0) is 21.5. The first-order valence-corrected chi connectivity index (χ1v) is 11.1. The molecule has 2 heterocycles. The number of carbonyl (C=O) groups is 1. The summed E-state index contributed by atoms with van der Waals surface area (Å²) in [5.41, 5.74) is 1.23. The number of rotatable bonds is 7. The first-order valence-electron chi connectivity index (χ1n) is 11.1. The van der Waals surface area contributed by atoms with Crippen molar-refractivity contribution >= 4 is 35.9 Å². The SMILES string of the molecule is CCNC(=NCC(c1cccc(OC)c1)N1CCCC1)N1CC(C)C(C(=O)OC)C1.I. The van der Waals surface area contributed by atoms with Crippen LogP contribution in [0.1, 0.15) is 38.3 Å². The molecule has 3 atom stereocenters. The molecule has 2 fully saturated rings. The first-order chi connectivity index (χ1) is 14.6. The van der Waals surface area contributed by atoms with E-state index in [0.717, 1.165) is 37.9 Å². The van der Waals surface area contributed by atoms with Crippen LogP contribution in [-0.4, -0.2) is 75.2 Å². The highest BCUT2D eigenvalue weighted by Crippen LogP contribution is 2.29. The molecule has 2 aliphatic rings. The molecule has 1 aromatic rings. The third-order valence-corrected chi connectivity index (χ3v) is 6.22. The van der Waals surface area contributed by atoms with Crippen LogP contribution in [0.25, 0.3) is 0 Å². The largest absolute Gasteiger partial charge is 0.497 e. The van der Waals surface area contributed by atoms with Crippen molar-refractivity contribution in [3.05, 3.63) is 29.8 Å². The van der Waals surface area contributed by atoms with Crippen molar-refractivity contribution in [2.45, 2.75) is 32.7 Å². The van der Waals surface area contributed by atoms with E-state index in [4.69, 9.17) is 14.5 Å². The molecule has 0 radical (unpaired) electrons. The molecule has 8 heteroatoms. The van der Waals surface area contributed by atoms with Gasteiger partial charge in [0.1, 0.15) is 5.75 Å². The number of hydrogen-bond acceptors (Lipinski definition) is 5. The lowest BCUT2D eigenvalue weighted by Crippen LogP contribution is -2.41. The van der Waals surface area contributed by atoms with Gasteiger partial charge in [-0.3, -0.25) is 14.7 Å². The highest BCUT2D eigenvalue weighted by molar-refractivity contribution is 14.0. The third kappa shape index (κ3) is 6.47. The maximum atomic E-state index is 12.1. The van der Waals surface area contributed by atoms with Crippen LogP contribution in [0.2, 0.25) is 0 Å². The Hall–Kier alpha value is -1.55. The molecule has 1 N–H and O–H groups in total.